The van der Waals surface area contributed by atoms with Gasteiger partial charge in [-0.25, -0.2) is 4.68 Å². The fraction of sp³-hybridized carbons (Fsp3) is 0.333. The van der Waals surface area contributed by atoms with Gasteiger partial charge in [0, 0.05) is 43.2 Å². The van der Waals surface area contributed by atoms with Gasteiger partial charge in [0.1, 0.15) is 0 Å². The van der Waals surface area contributed by atoms with E-state index in [-0.39, 0.29) is 6.54 Å². The number of aliphatic hydroxyl groups excluding tert-OH is 2. The molecule has 0 fully saturated rings. The number of nitrogens with zero attached hydrogens (tertiary/aromatic N) is 4. The monoisotopic (exact) mass is 424 g/mol. The molecule has 2 aromatic heterocycles. The van der Waals surface area contributed by atoms with Gasteiger partial charge in [-0.2, -0.15) is 10.2 Å². The van der Waals surface area contributed by atoms with E-state index >= 15 is 0 Å². The van der Waals surface area contributed by atoms with Gasteiger partial charge < -0.3 is 20.4 Å². The number of aromatic nitrogens is 4. The SMILES string of the molecule is C[C@@H](NC(=O)[C@H](O)[C@@H](O)C(=O)N1CCc2[nH]ncc2C1)c1ccc(-n2cccn2)cc1. The summed E-state index contributed by atoms with van der Waals surface area (Å²) in [5, 5.41) is 34.2. The van der Waals surface area contributed by atoms with Gasteiger partial charge in [-0.05, 0) is 30.7 Å². The Kier molecular flexibility index (Phi) is 5.83. The zero-order valence-electron chi connectivity index (χ0n) is 17.0. The van der Waals surface area contributed by atoms with Crippen LogP contribution in [0, 0.1) is 0 Å². The maximum atomic E-state index is 12.6. The zero-order valence-corrected chi connectivity index (χ0v) is 17.0. The first-order valence-corrected chi connectivity index (χ1v) is 10.0. The molecular weight excluding hydrogens is 400 g/mol. The number of fused-ring (bicyclic) bond motifs is 1. The van der Waals surface area contributed by atoms with Gasteiger partial charge in [0.25, 0.3) is 11.8 Å². The van der Waals surface area contributed by atoms with Gasteiger partial charge in [0.05, 0.1) is 17.9 Å². The van der Waals surface area contributed by atoms with E-state index < -0.39 is 30.1 Å². The highest BCUT2D eigenvalue weighted by molar-refractivity contribution is 5.91. The van der Waals surface area contributed by atoms with E-state index in [2.05, 4.69) is 20.6 Å². The van der Waals surface area contributed by atoms with Crippen LogP contribution >= 0.6 is 0 Å². The van der Waals surface area contributed by atoms with Gasteiger partial charge in [-0.15, -0.1) is 0 Å². The first-order chi connectivity index (χ1) is 14.9. The molecular formula is C21H24N6O4. The minimum Gasteiger partial charge on any atom is -0.380 e. The third-order valence-electron chi connectivity index (χ3n) is 5.45. The smallest absolute Gasteiger partial charge is 0.255 e. The Morgan fingerprint density at radius 2 is 1.97 bits per heavy atom. The van der Waals surface area contributed by atoms with Crippen LogP contribution in [0.3, 0.4) is 0 Å². The zero-order chi connectivity index (χ0) is 22.0. The van der Waals surface area contributed by atoms with Crippen molar-refractivity contribution in [2.75, 3.05) is 6.54 Å². The number of aromatic amines is 1. The molecule has 4 N–H and O–H groups in total. The highest BCUT2D eigenvalue weighted by Crippen LogP contribution is 2.18. The topological polar surface area (TPSA) is 136 Å². The van der Waals surface area contributed by atoms with Gasteiger partial charge in [-0.3, -0.25) is 14.7 Å². The van der Waals surface area contributed by atoms with E-state index in [0.717, 1.165) is 22.5 Å². The molecule has 2 amide bonds. The predicted octanol–water partition coefficient (Wildman–Crippen LogP) is 0.0793. The Bertz CT molecular complexity index is 1050. The molecule has 31 heavy (non-hydrogen) atoms. The van der Waals surface area contributed by atoms with Crippen molar-refractivity contribution < 1.29 is 19.8 Å². The minimum absolute atomic E-state index is 0.273. The minimum atomic E-state index is -1.87. The molecule has 1 aliphatic heterocycles. The lowest BCUT2D eigenvalue weighted by Crippen LogP contribution is -2.51. The average Bonchev–Trinajstić information content (AvgIpc) is 3.49. The van der Waals surface area contributed by atoms with E-state index in [1.54, 1.807) is 24.0 Å². The summed E-state index contributed by atoms with van der Waals surface area (Å²) in [5.74, 6) is -1.50. The Balaban J connectivity index is 1.34. The average molecular weight is 424 g/mol. The van der Waals surface area contributed by atoms with Crippen LogP contribution in [0.4, 0.5) is 0 Å². The van der Waals surface area contributed by atoms with Crippen molar-refractivity contribution in [1.82, 2.24) is 30.2 Å². The second kappa shape index (κ2) is 8.70. The largest absolute Gasteiger partial charge is 0.380 e. The van der Waals surface area contributed by atoms with E-state index in [4.69, 9.17) is 0 Å². The van der Waals surface area contributed by atoms with Crippen molar-refractivity contribution in [3.05, 3.63) is 65.7 Å². The quantitative estimate of drug-likeness (QED) is 0.442. The summed E-state index contributed by atoms with van der Waals surface area (Å²) < 4.78 is 1.71. The molecule has 3 aromatic rings. The highest BCUT2D eigenvalue weighted by atomic mass is 16.3. The third-order valence-corrected chi connectivity index (χ3v) is 5.45. The van der Waals surface area contributed by atoms with Crippen LogP contribution in [0.25, 0.3) is 5.69 Å². The third kappa shape index (κ3) is 4.35. The number of aliphatic hydroxyl groups is 2. The predicted molar refractivity (Wildman–Crippen MR) is 110 cm³/mol. The maximum absolute atomic E-state index is 12.6. The fourth-order valence-corrected chi connectivity index (χ4v) is 3.59. The molecule has 1 aromatic carbocycles. The van der Waals surface area contributed by atoms with Crippen molar-refractivity contribution in [3.63, 3.8) is 0 Å². The van der Waals surface area contributed by atoms with Crippen LogP contribution in [-0.4, -0.2) is 65.7 Å². The van der Waals surface area contributed by atoms with Crippen LogP contribution in [0.2, 0.25) is 0 Å². The Morgan fingerprint density at radius 3 is 2.68 bits per heavy atom. The number of hydrogen-bond donors (Lipinski definition) is 4. The van der Waals surface area contributed by atoms with E-state index in [1.165, 1.54) is 4.90 Å². The molecule has 162 valence electrons. The molecule has 3 heterocycles. The molecule has 0 saturated carbocycles. The molecule has 10 heteroatoms. The lowest BCUT2D eigenvalue weighted by atomic mass is 10.0. The fourth-order valence-electron chi connectivity index (χ4n) is 3.59. The summed E-state index contributed by atoms with van der Waals surface area (Å²) in [5.41, 5.74) is 3.48. The lowest BCUT2D eigenvalue weighted by molar-refractivity contribution is -0.154. The highest BCUT2D eigenvalue weighted by Gasteiger charge is 2.35. The lowest BCUT2D eigenvalue weighted by Gasteiger charge is -2.30. The number of H-pyrrole nitrogens is 1. The Hall–Kier alpha value is -3.50. The number of nitrogens with one attached hydrogen (secondary N) is 2. The van der Waals surface area contributed by atoms with Crippen LogP contribution in [0.5, 0.6) is 0 Å². The molecule has 0 aliphatic carbocycles. The van der Waals surface area contributed by atoms with Crippen molar-refractivity contribution in [3.8, 4) is 5.69 Å². The normalized spacial score (nSPS) is 16.3. The Morgan fingerprint density at radius 1 is 1.19 bits per heavy atom. The Labute approximate surface area is 178 Å². The molecule has 1 aliphatic rings. The number of hydrogen-bond acceptors (Lipinski definition) is 6. The van der Waals surface area contributed by atoms with Crippen molar-refractivity contribution in [2.24, 2.45) is 0 Å². The van der Waals surface area contributed by atoms with Gasteiger partial charge in [0.2, 0.25) is 0 Å². The second-order valence-electron chi connectivity index (χ2n) is 7.55. The summed E-state index contributed by atoms with van der Waals surface area (Å²) in [6.07, 6.45) is 1.99. The van der Waals surface area contributed by atoms with Crippen LogP contribution in [-0.2, 0) is 22.6 Å². The van der Waals surface area contributed by atoms with Crippen LogP contribution in [0.1, 0.15) is 29.8 Å². The van der Waals surface area contributed by atoms with Crippen molar-refractivity contribution >= 4 is 11.8 Å². The molecule has 0 spiro atoms. The molecule has 0 radical (unpaired) electrons. The number of amides is 2. The first kappa shape index (κ1) is 20.8. The summed E-state index contributed by atoms with van der Waals surface area (Å²) in [7, 11) is 0. The van der Waals surface area contributed by atoms with Crippen LogP contribution in [0.15, 0.2) is 48.9 Å². The molecule has 10 nitrogen and oxygen atoms in total. The summed E-state index contributed by atoms with van der Waals surface area (Å²) >= 11 is 0. The standard InChI is InChI=1S/C21H24N6O4/c1-13(14-3-5-16(6-4-14)27-9-2-8-23-27)24-20(30)18(28)19(29)21(31)26-10-7-17-15(12-26)11-22-25-17/h2-6,8-9,11,13,18-19,28-29H,7,10,12H2,1H3,(H,22,25)(H,24,30)/t13-,18-,19-/m1/s1. The van der Waals surface area contributed by atoms with E-state index in [0.29, 0.717) is 13.0 Å². The molecule has 0 saturated heterocycles. The first-order valence-electron chi connectivity index (χ1n) is 10.0. The second-order valence-corrected chi connectivity index (χ2v) is 7.55. The van der Waals surface area contributed by atoms with Gasteiger partial charge in [0.15, 0.2) is 12.2 Å². The molecule has 4 rings (SSSR count). The number of rotatable bonds is 6. The number of benzene rings is 1. The molecule has 3 atom stereocenters. The summed E-state index contributed by atoms with van der Waals surface area (Å²) in [4.78, 5) is 26.4. The van der Waals surface area contributed by atoms with Gasteiger partial charge in [-0.1, -0.05) is 12.1 Å². The summed E-state index contributed by atoms with van der Waals surface area (Å²) in [6, 6.07) is 8.79. The molecule has 0 bridgehead atoms. The van der Waals surface area contributed by atoms with Gasteiger partial charge >= 0.3 is 0 Å². The number of carbonyl (C=O) groups is 2. The van der Waals surface area contributed by atoms with E-state index in [9.17, 15) is 19.8 Å². The molecule has 0 unspecified atom stereocenters. The maximum Gasteiger partial charge on any atom is 0.255 e. The summed E-state index contributed by atoms with van der Waals surface area (Å²) in [6.45, 7) is 2.40. The van der Waals surface area contributed by atoms with Crippen molar-refractivity contribution in [1.29, 1.82) is 0 Å². The van der Waals surface area contributed by atoms with Crippen molar-refractivity contribution in [2.45, 2.75) is 38.1 Å². The van der Waals surface area contributed by atoms with Crippen LogP contribution < -0.4 is 5.32 Å². The number of carbonyl (C=O) groups excluding carboxylic acids is 2. The van der Waals surface area contributed by atoms with E-state index in [1.807, 2.05) is 36.5 Å².